The van der Waals surface area contributed by atoms with Crippen molar-refractivity contribution in [1.82, 2.24) is 4.98 Å². The Kier molecular flexibility index (Phi) is 4.51. The number of pyridine rings is 1. The van der Waals surface area contributed by atoms with E-state index in [1.165, 1.54) is 11.6 Å². The summed E-state index contributed by atoms with van der Waals surface area (Å²) in [6.45, 7) is 2.07. The van der Waals surface area contributed by atoms with E-state index in [0.717, 1.165) is 12.1 Å². The summed E-state index contributed by atoms with van der Waals surface area (Å²) in [5.74, 6) is -0.370. The maximum absolute atomic E-state index is 13.7. The summed E-state index contributed by atoms with van der Waals surface area (Å²) in [4.78, 5) is 4.33. The van der Waals surface area contributed by atoms with Gasteiger partial charge in [-0.3, -0.25) is 4.98 Å². The summed E-state index contributed by atoms with van der Waals surface area (Å²) >= 11 is 5.72. The highest BCUT2D eigenvalue weighted by Crippen LogP contribution is 2.21. The molecule has 4 heteroatoms. The molecule has 0 amide bonds. The van der Waals surface area contributed by atoms with Gasteiger partial charge in [0.05, 0.1) is 0 Å². The number of aryl methyl sites for hydroxylation is 1. The molecule has 2 N–H and O–H groups in total. The van der Waals surface area contributed by atoms with E-state index in [1.54, 1.807) is 12.1 Å². The van der Waals surface area contributed by atoms with Crippen LogP contribution in [0, 0.1) is 5.82 Å². The zero-order valence-electron chi connectivity index (χ0n) is 10.7. The number of hydrogen-bond donors (Lipinski definition) is 1. The molecule has 0 radical (unpaired) electrons. The van der Waals surface area contributed by atoms with Crippen molar-refractivity contribution in [2.45, 2.75) is 25.8 Å². The van der Waals surface area contributed by atoms with Crippen LogP contribution in [-0.2, 0) is 12.8 Å². The van der Waals surface area contributed by atoms with E-state index >= 15 is 0 Å². The van der Waals surface area contributed by atoms with E-state index < -0.39 is 6.04 Å². The van der Waals surface area contributed by atoms with Gasteiger partial charge in [0.1, 0.15) is 5.82 Å². The fourth-order valence-electron chi connectivity index (χ4n) is 1.92. The van der Waals surface area contributed by atoms with Gasteiger partial charge >= 0.3 is 0 Å². The molecular formula is C15H16ClFN2. The summed E-state index contributed by atoms with van der Waals surface area (Å²) < 4.78 is 13.7. The van der Waals surface area contributed by atoms with Crippen LogP contribution in [0.4, 0.5) is 4.39 Å². The third kappa shape index (κ3) is 3.52. The first-order valence-corrected chi connectivity index (χ1v) is 6.62. The van der Waals surface area contributed by atoms with Crippen LogP contribution in [0.25, 0.3) is 0 Å². The van der Waals surface area contributed by atoms with E-state index in [-0.39, 0.29) is 5.82 Å². The van der Waals surface area contributed by atoms with E-state index in [9.17, 15) is 4.39 Å². The van der Waals surface area contributed by atoms with Gasteiger partial charge in [-0.05, 0) is 30.2 Å². The lowest BCUT2D eigenvalue weighted by Gasteiger charge is -2.13. The monoisotopic (exact) mass is 278 g/mol. The molecule has 2 aromatic rings. The lowest BCUT2D eigenvalue weighted by Crippen LogP contribution is -2.15. The second kappa shape index (κ2) is 6.13. The van der Waals surface area contributed by atoms with Crippen LogP contribution in [0.5, 0.6) is 0 Å². The van der Waals surface area contributed by atoms with Crippen molar-refractivity contribution in [3.05, 3.63) is 64.2 Å². The first-order valence-electron chi connectivity index (χ1n) is 6.24. The van der Waals surface area contributed by atoms with Crippen molar-refractivity contribution < 1.29 is 4.39 Å². The molecular weight excluding hydrogens is 263 g/mol. The second-order valence-corrected chi connectivity index (χ2v) is 4.92. The predicted octanol–water partition coefficient (Wildman–Crippen LogP) is 3.68. The summed E-state index contributed by atoms with van der Waals surface area (Å²) in [7, 11) is 0. The van der Waals surface area contributed by atoms with Crippen LogP contribution in [-0.4, -0.2) is 4.98 Å². The van der Waals surface area contributed by atoms with Crippen molar-refractivity contribution >= 4 is 11.6 Å². The SMILES string of the molecule is CCc1ccc(CC(N)c2ccc(Cl)cc2F)nc1. The number of rotatable bonds is 4. The number of nitrogens with zero attached hydrogens (tertiary/aromatic N) is 1. The molecule has 100 valence electrons. The van der Waals surface area contributed by atoms with Gasteiger partial charge < -0.3 is 5.73 Å². The van der Waals surface area contributed by atoms with Crippen molar-refractivity contribution in [3.8, 4) is 0 Å². The maximum Gasteiger partial charge on any atom is 0.129 e. The van der Waals surface area contributed by atoms with Gasteiger partial charge in [0, 0.05) is 34.9 Å². The Bertz CT molecular complexity index is 555. The largest absolute Gasteiger partial charge is 0.324 e. The molecule has 0 aliphatic carbocycles. The minimum atomic E-state index is -0.419. The van der Waals surface area contributed by atoms with Crippen molar-refractivity contribution in [1.29, 1.82) is 0 Å². The third-order valence-electron chi connectivity index (χ3n) is 3.09. The molecule has 1 aromatic heterocycles. The molecule has 0 saturated heterocycles. The quantitative estimate of drug-likeness (QED) is 0.927. The first-order chi connectivity index (χ1) is 9.10. The van der Waals surface area contributed by atoms with Gasteiger partial charge in [-0.1, -0.05) is 30.7 Å². The molecule has 19 heavy (non-hydrogen) atoms. The molecule has 1 atom stereocenters. The zero-order valence-corrected chi connectivity index (χ0v) is 11.5. The van der Waals surface area contributed by atoms with Gasteiger partial charge in [-0.15, -0.1) is 0 Å². The minimum absolute atomic E-state index is 0.370. The summed E-state index contributed by atoms with van der Waals surface area (Å²) in [5, 5.41) is 0.374. The fraction of sp³-hybridized carbons (Fsp3) is 0.267. The molecule has 0 aliphatic rings. The topological polar surface area (TPSA) is 38.9 Å². The highest BCUT2D eigenvalue weighted by Gasteiger charge is 2.13. The van der Waals surface area contributed by atoms with Crippen molar-refractivity contribution in [2.24, 2.45) is 5.73 Å². The lowest BCUT2D eigenvalue weighted by molar-refractivity contribution is 0.578. The van der Waals surface area contributed by atoms with Gasteiger partial charge in [0.25, 0.3) is 0 Å². The average molecular weight is 279 g/mol. The third-order valence-corrected chi connectivity index (χ3v) is 3.32. The van der Waals surface area contributed by atoms with Crippen LogP contribution in [0.2, 0.25) is 5.02 Å². The molecule has 0 aliphatic heterocycles. The summed E-state index contributed by atoms with van der Waals surface area (Å²) in [5.41, 5.74) is 8.53. The van der Waals surface area contributed by atoms with Gasteiger partial charge in [0.2, 0.25) is 0 Å². The molecule has 1 unspecified atom stereocenters. The smallest absolute Gasteiger partial charge is 0.129 e. The van der Waals surface area contributed by atoms with E-state index in [4.69, 9.17) is 17.3 Å². The molecule has 2 nitrogen and oxygen atoms in total. The van der Waals surface area contributed by atoms with Crippen LogP contribution >= 0.6 is 11.6 Å². The van der Waals surface area contributed by atoms with Gasteiger partial charge in [-0.2, -0.15) is 0 Å². The van der Waals surface area contributed by atoms with Crippen LogP contribution in [0.15, 0.2) is 36.5 Å². The molecule has 0 bridgehead atoms. The Morgan fingerprint density at radius 3 is 2.68 bits per heavy atom. The van der Waals surface area contributed by atoms with Crippen molar-refractivity contribution in [2.75, 3.05) is 0 Å². The Morgan fingerprint density at radius 2 is 2.11 bits per heavy atom. The molecule has 0 saturated carbocycles. The highest BCUT2D eigenvalue weighted by atomic mass is 35.5. The number of benzene rings is 1. The van der Waals surface area contributed by atoms with Gasteiger partial charge in [0.15, 0.2) is 0 Å². The highest BCUT2D eigenvalue weighted by molar-refractivity contribution is 6.30. The lowest BCUT2D eigenvalue weighted by atomic mass is 10.0. The summed E-state index contributed by atoms with van der Waals surface area (Å²) in [6.07, 6.45) is 3.29. The fourth-order valence-corrected chi connectivity index (χ4v) is 2.08. The van der Waals surface area contributed by atoms with Crippen LogP contribution in [0.3, 0.4) is 0 Å². The standard InChI is InChI=1S/C15H16ClFN2/c1-2-10-3-5-12(19-9-10)8-15(18)13-6-4-11(16)7-14(13)17/h3-7,9,15H,2,8,18H2,1H3. The van der Waals surface area contributed by atoms with Crippen LogP contribution in [0.1, 0.15) is 29.8 Å². The Morgan fingerprint density at radius 1 is 1.32 bits per heavy atom. The Balaban J connectivity index is 2.13. The molecule has 2 rings (SSSR count). The number of nitrogens with two attached hydrogens (primary N) is 1. The minimum Gasteiger partial charge on any atom is -0.324 e. The normalized spacial score (nSPS) is 12.4. The van der Waals surface area contributed by atoms with Crippen LogP contribution < -0.4 is 5.73 Å². The molecule has 0 spiro atoms. The molecule has 1 heterocycles. The second-order valence-electron chi connectivity index (χ2n) is 4.49. The molecule has 0 fully saturated rings. The zero-order chi connectivity index (χ0) is 13.8. The Hall–Kier alpha value is -1.45. The number of aromatic nitrogens is 1. The molecule has 1 aromatic carbocycles. The van der Waals surface area contributed by atoms with E-state index in [0.29, 0.717) is 17.0 Å². The van der Waals surface area contributed by atoms with Crippen molar-refractivity contribution in [3.63, 3.8) is 0 Å². The first kappa shape index (κ1) is 14.0. The van der Waals surface area contributed by atoms with E-state index in [1.807, 2.05) is 18.3 Å². The predicted molar refractivity (Wildman–Crippen MR) is 75.7 cm³/mol. The number of hydrogen-bond acceptors (Lipinski definition) is 2. The van der Waals surface area contributed by atoms with Gasteiger partial charge in [-0.25, -0.2) is 4.39 Å². The van der Waals surface area contributed by atoms with E-state index in [2.05, 4.69) is 11.9 Å². The maximum atomic E-state index is 13.7. The Labute approximate surface area is 117 Å². The summed E-state index contributed by atoms with van der Waals surface area (Å²) in [6, 6.07) is 8.09. The average Bonchev–Trinajstić information content (AvgIpc) is 2.39. The number of halogens is 2.